The molecule has 0 radical (unpaired) electrons. The van der Waals surface area contributed by atoms with Gasteiger partial charge in [0.05, 0.1) is 12.8 Å². The Hall–Kier alpha value is -3.01. The molecule has 1 amide bonds. The van der Waals surface area contributed by atoms with Crippen LogP contribution >= 0.6 is 0 Å². The van der Waals surface area contributed by atoms with E-state index in [1.807, 2.05) is 29.2 Å². The van der Waals surface area contributed by atoms with Crippen molar-refractivity contribution in [3.8, 4) is 0 Å². The molecule has 29 heavy (non-hydrogen) atoms. The van der Waals surface area contributed by atoms with E-state index in [2.05, 4.69) is 30.4 Å². The van der Waals surface area contributed by atoms with Crippen LogP contribution in [0.1, 0.15) is 18.6 Å². The van der Waals surface area contributed by atoms with E-state index < -0.39 is 0 Å². The summed E-state index contributed by atoms with van der Waals surface area (Å²) < 4.78 is 6.87. The molecule has 0 bridgehead atoms. The third-order valence-electron chi connectivity index (χ3n) is 5.87. The lowest BCUT2D eigenvalue weighted by molar-refractivity contribution is -0.138. The number of fused-ring (bicyclic) bond motifs is 1. The standard InChI is InChI=1S/C19H24N8O2/c28-19(26-11-9-24(10-12-26)14-16-2-1-13-29-16)15-5-7-25(8-6-15)18-4-3-17-20-22-23-27(17)21-18/h1-4,13,15H,5-12,14H2. The van der Waals surface area contributed by atoms with Gasteiger partial charge in [0.1, 0.15) is 5.76 Å². The number of nitrogens with zero attached hydrogens (tertiary/aromatic N) is 8. The quantitative estimate of drug-likeness (QED) is 0.635. The maximum atomic E-state index is 13.0. The highest BCUT2D eigenvalue weighted by molar-refractivity contribution is 5.79. The van der Waals surface area contributed by atoms with E-state index in [-0.39, 0.29) is 5.92 Å². The zero-order chi connectivity index (χ0) is 19.6. The number of piperidine rings is 1. The summed E-state index contributed by atoms with van der Waals surface area (Å²) in [5, 5.41) is 15.8. The minimum atomic E-state index is 0.0969. The van der Waals surface area contributed by atoms with Crippen molar-refractivity contribution in [1.82, 2.24) is 35.1 Å². The Morgan fingerprint density at radius 2 is 1.90 bits per heavy atom. The number of aromatic nitrogens is 5. The molecule has 0 aromatic carbocycles. The predicted octanol–water partition coefficient (Wildman–Crippen LogP) is 0.673. The predicted molar refractivity (Wildman–Crippen MR) is 104 cm³/mol. The number of piperazine rings is 1. The second-order valence-electron chi connectivity index (χ2n) is 7.66. The molecule has 152 valence electrons. The lowest BCUT2D eigenvalue weighted by Gasteiger charge is -2.38. The van der Waals surface area contributed by atoms with E-state index in [0.717, 1.165) is 70.2 Å². The van der Waals surface area contributed by atoms with Gasteiger partial charge in [0.25, 0.3) is 0 Å². The van der Waals surface area contributed by atoms with Crippen LogP contribution in [0.5, 0.6) is 0 Å². The molecule has 5 rings (SSSR count). The number of carbonyl (C=O) groups is 1. The Balaban J connectivity index is 1.12. The molecular weight excluding hydrogens is 372 g/mol. The highest BCUT2D eigenvalue weighted by Gasteiger charge is 2.31. The Kier molecular flexibility index (Phi) is 4.84. The average molecular weight is 396 g/mol. The molecule has 2 aliphatic heterocycles. The van der Waals surface area contributed by atoms with Crippen molar-refractivity contribution >= 4 is 17.4 Å². The van der Waals surface area contributed by atoms with Gasteiger partial charge in [0.15, 0.2) is 11.5 Å². The minimum Gasteiger partial charge on any atom is -0.468 e. The second-order valence-corrected chi connectivity index (χ2v) is 7.66. The normalized spacial score (nSPS) is 19.2. The van der Waals surface area contributed by atoms with Gasteiger partial charge in [0.2, 0.25) is 5.91 Å². The zero-order valence-corrected chi connectivity index (χ0v) is 16.2. The summed E-state index contributed by atoms with van der Waals surface area (Å²) >= 11 is 0. The first kappa shape index (κ1) is 18.0. The molecule has 2 fully saturated rings. The monoisotopic (exact) mass is 396 g/mol. The van der Waals surface area contributed by atoms with Crippen LogP contribution in [-0.4, -0.2) is 80.2 Å². The van der Waals surface area contributed by atoms with E-state index in [0.29, 0.717) is 11.6 Å². The largest absolute Gasteiger partial charge is 0.468 e. The van der Waals surface area contributed by atoms with E-state index in [1.165, 1.54) is 4.63 Å². The molecule has 3 aromatic rings. The summed E-state index contributed by atoms with van der Waals surface area (Å²) in [7, 11) is 0. The first-order valence-corrected chi connectivity index (χ1v) is 10.1. The maximum absolute atomic E-state index is 13.0. The average Bonchev–Trinajstić information content (AvgIpc) is 3.45. The third kappa shape index (κ3) is 3.80. The first-order valence-electron chi connectivity index (χ1n) is 10.1. The van der Waals surface area contributed by atoms with E-state index in [4.69, 9.17) is 4.42 Å². The fourth-order valence-corrected chi connectivity index (χ4v) is 4.17. The zero-order valence-electron chi connectivity index (χ0n) is 16.2. The van der Waals surface area contributed by atoms with Crippen molar-refractivity contribution in [3.05, 3.63) is 36.3 Å². The number of furan rings is 1. The summed E-state index contributed by atoms with van der Waals surface area (Å²) in [5.41, 5.74) is 0.630. The van der Waals surface area contributed by atoms with Gasteiger partial charge in [-0.25, -0.2) is 0 Å². The summed E-state index contributed by atoms with van der Waals surface area (Å²) in [6, 6.07) is 7.71. The number of carbonyl (C=O) groups excluding carboxylic acids is 1. The van der Waals surface area contributed by atoms with Crippen LogP contribution < -0.4 is 4.90 Å². The first-order chi connectivity index (χ1) is 14.3. The Bertz CT molecular complexity index is 956. The second kappa shape index (κ2) is 7.78. The number of rotatable bonds is 4. The highest BCUT2D eigenvalue weighted by Crippen LogP contribution is 2.24. The van der Waals surface area contributed by atoms with Crippen molar-refractivity contribution in [1.29, 1.82) is 0 Å². The van der Waals surface area contributed by atoms with Crippen molar-refractivity contribution in [2.75, 3.05) is 44.2 Å². The van der Waals surface area contributed by atoms with Crippen LogP contribution in [-0.2, 0) is 11.3 Å². The van der Waals surface area contributed by atoms with Gasteiger partial charge in [-0.1, -0.05) is 0 Å². The SMILES string of the molecule is O=C(C1CCN(c2ccc3nnnn3n2)CC1)N1CCN(Cc2ccco2)CC1. The van der Waals surface area contributed by atoms with Crippen LogP contribution in [0, 0.1) is 5.92 Å². The van der Waals surface area contributed by atoms with Gasteiger partial charge in [-0.2, -0.15) is 0 Å². The molecule has 0 aliphatic carbocycles. The molecule has 3 aromatic heterocycles. The Labute approximate surface area is 168 Å². The van der Waals surface area contributed by atoms with Crippen LogP contribution in [0.2, 0.25) is 0 Å². The molecule has 10 heteroatoms. The molecule has 5 heterocycles. The molecule has 10 nitrogen and oxygen atoms in total. The summed E-state index contributed by atoms with van der Waals surface area (Å²) in [6.07, 6.45) is 3.40. The lowest BCUT2D eigenvalue weighted by atomic mass is 9.95. The number of hydrogen-bond acceptors (Lipinski definition) is 8. The number of anilines is 1. The fourth-order valence-electron chi connectivity index (χ4n) is 4.17. The fraction of sp³-hybridized carbons (Fsp3) is 0.526. The topological polar surface area (TPSA) is 95.9 Å². The molecule has 0 atom stereocenters. The van der Waals surface area contributed by atoms with Gasteiger partial charge in [-0.3, -0.25) is 9.69 Å². The maximum Gasteiger partial charge on any atom is 0.225 e. The van der Waals surface area contributed by atoms with Gasteiger partial charge in [-0.15, -0.1) is 14.8 Å². The highest BCUT2D eigenvalue weighted by atomic mass is 16.3. The van der Waals surface area contributed by atoms with Crippen molar-refractivity contribution in [3.63, 3.8) is 0 Å². The Morgan fingerprint density at radius 1 is 1.07 bits per heavy atom. The van der Waals surface area contributed by atoms with Crippen LogP contribution in [0.3, 0.4) is 0 Å². The smallest absolute Gasteiger partial charge is 0.225 e. The van der Waals surface area contributed by atoms with Crippen LogP contribution in [0.4, 0.5) is 5.82 Å². The summed E-state index contributed by atoms with van der Waals surface area (Å²) in [6.45, 7) is 5.80. The number of hydrogen-bond donors (Lipinski definition) is 0. The molecule has 0 unspecified atom stereocenters. The van der Waals surface area contributed by atoms with Gasteiger partial charge < -0.3 is 14.2 Å². The van der Waals surface area contributed by atoms with Crippen LogP contribution in [0.25, 0.3) is 5.65 Å². The van der Waals surface area contributed by atoms with Crippen LogP contribution in [0.15, 0.2) is 34.9 Å². The van der Waals surface area contributed by atoms with Crippen molar-refractivity contribution < 1.29 is 9.21 Å². The number of amides is 1. The molecule has 0 N–H and O–H groups in total. The van der Waals surface area contributed by atoms with E-state index in [1.54, 1.807) is 6.26 Å². The summed E-state index contributed by atoms with van der Waals surface area (Å²) in [4.78, 5) is 19.6. The lowest BCUT2D eigenvalue weighted by Crippen LogP contribution is -2.51. The van der Waals surface area contributed by atoms with E-state index >= 15 is 0 Å². The molecule has 0 saturated carbocycles. The van der Waals surface area contributed by atoms with E-state index in [9.17, 15) is 4.79 Å². The van der Waals surface area contributed by atoms with Gasteiger partial charge >= 0.3 is 0 Å². The molecule has 2 aliphatic rings. The minimum absolute atomic E-state index is 0.0969. The van der Waals surface area contributed by atoms with Crippen molar-refractivity contribution in [2.45, 2.75) is 19.4 Å². The third-order valence-corrected chi connectivity index (χ3v) is 5.87. The molecule has 2 saturated heterocycles. The Morgan fingerprint density at radius 3 is 2.66 bits per heavy atom. The van der Waals surface area contributed by atoms with Gasteiger partial charge in [-0.05, 0) is 47.5 Å². The number of tetrazole rings is 1. The van der Waals surface area contributed by atoms with Crippen molar-refractivity contribution in [2.24, 2.45) is 5.92 Å². The molecular formula is C19H24N8O2. The summed E-state index contributed by atoms with van der Waals surface area (Å²) in [5.74, 6) is 2.22. The van der Waals surface area contributed by atoms with Gasteiger partial charge in [0, 0.05) is 45.2 Å². The molecule has 0 spiro atoms.